The van der Waals surface area contributed by atoms with Crippen molar-refractivity contribution in [2.24, 2.45) is 5.41 Å². The molecule has 4 rings (SSSR count). The fourth-order valence-electron chi connectivity index (χ4n) is 2.69. The molecule has 0 fully saturated rings. The molecule has 0 saturated heterocycles. The van der Waals surface area contributed by atoms with Gasteiger partial charge in [-0.2, -0.15) is 0 Å². The van der Waals surface area contributed by atoms with Gasteiger partial charge in [0.05, 0.1) is 16.8 Å². The first-order chi connectivity index (χ1) is 14.2. The molecule has 1 amide bonds. The van der Waals surface area contributed by atoms with Crippen molar-refractivity contribution < 1.29 is 4.79 Å². The zero-order valence-electron chi connectivity index (χ0n) is 17.0. The Morgan fingerprint density at radius 2 is 1.87 bits per heavy atom. The van der Waals surface area contributed by atoms with Gasteiger partial charge in [-0.05, 0) is 6.92 Å². The van der Waals surface area contributed by atoms with Gasteiger partial charge >= 0.3 is 0 Å². The molecule has 0 spiro atoms. The highest BCUT2D eigenvalue weighted by Crippen LogP contribution is 2.39. The summed E-state index contributed by atoms with van der Waals surface area (Å²) in [6.45, 7) is 7.46. The number of hydrogen-bond donors (Lipinski definition) is 2. The summed E-state index contributed by atoms with van der Waals surface area (Å²) in [6.07, 6.45) is 1.85. The Balaban J connectivity index is 1.70. The number of carbonyl (C=O) groups excluding carboxylic acids is 1. The highest BCUT2D eigenvalue weighted by molar-refractivity contribution is 7.21. The number of nitrogens with zero attached hydrogens (tertiary/aromatic N) is 5. The number of nitrogen functional groups attached to an aromatic ring is 1. The topological polar surface area (TPSA) is 112 Å². The molecule has 154 valence electrons. The molecule has 8 nitrogen and oxygen atoms in total. The van der Waals surface area contributed by atoms with E-state index >= 15 is 0 Å². The van der Waals surface area contributed by atoms with Crippen LogP contribution in [-0.2, 0) is 4.79 Å². The number of nitrogens with two attached hydrogens (primary N) is 1. The standard InChI is InChI=1S/C20H21N7OS2/c1-11-15(29-19(22-11)24-17(28)20(2,3)4)14-16(30-18(21)23-14)27-10-13(25-26-27)12-8-6-5-7-9-12/h5-10H,1-4H3,(H2,21,23)(H,22,24,28). The van der Waals surface area contributed by atoms with Gasteiger partial charge in [0.15, 0.2) is 10.3 Å². The molecule has 0 bridgehead atoms. The summed E-state index contributed by atoms with van der Waals surface area (Å²) in [5, 5.41) is 13.1. The number of aromatic nitrogens is 5. The van der Waals surface area contributed by atoms with Gasteiger partial charge in [-0.1, -0.05) is 79.0 Å². The minimum Gasteiger partial charge on any atom is -0.375 e. The van der Waals surface area contributed by atoms with Crippen LogP contribution in [0.3, 0.4) is 0 Å². The Bertz CT molecular complexity index is 1200. The van der Waals surface area contributed by atoms with Crippen molar-refractivity contribution in [1.82, 2.24) is 25.0 Å². The van der Waals surface area contributed by atoms with Crippen LogP contribution in [0.2, 0.25) is 0 Å². The number of anilines is 2. The van der Waals surface area contributed by atoms with Crippen LogP contribution in [0.4, 0.5) is 10.3 Å². The minimum atomic E-state index is -0.509. The molecule has 0 aliphatic carbocycles. The lowest BCUT2D eigenvalue weighted by atomic mass is 9.96. The van der Waals surface area contributed by atoms with E-state index in [0.717, 1.165) is 26.8 Å². The third kappa shape index (κ3) is 3.96. The quantitative estimate of drug-likeness (QED) is 0.488. The second kappa shape index (κ2) is 7.62. The molecule has 0 atom stereocenters. The van der Waals surface area contributed by atoms with Crippen LogP contribution >= 0.6 is 22.7 Å². The Morgan fingerprint density at radius 3 is 2.57 bits per heavy atom. The number of amides is 1. The van der Waals surface area contributed by atoms with E-state index in [0.29, 0.717) is 16.0 Å². The Labute approximate surface area is 181 Å². The first kappa shape index (κ1) is 20.2. The number of aryl methyl sites for hydroxylation is 1. The number of hydrogen-bond acceptors (Lipinski definition) is 8. The van der Waals surface area contributed by atoms with E-state index in [1.165, 1.54) is 22.7 Å². The van der Waals surface area contributed by atoms with Crippen molar-refractivity contribution in [3.05, 3.63) is 42.2 Å². The normalized spacial score (nSPS) is 11.6. The fourth-order valence-corrected chi connectivity index (χ4v) is 4.47. The number of carbonyl (C=O) groups is 1. The Morgan fingerprint density at radius 1 is 1.13 bits per heavy atom. The molecule has 3 heterocycles. The molecule has 3 aromatic heterocycles. The van der Waals surface area contributed by atoms with E-state index < -0.39 is 5.41 Å². The monoisotopic (exact) mass is 439 g/mol. The van der Waals surface area contributed by atoms with Gasteiger partial charge in [-0.3, -0.25) is 4.79 Å². The van der Waals surface area contributed by atoms with Crippen LogP contribution < -0.4 is 11.1 Å². The average molecular weight is 440 g/mol. The number of nitrogens with one attached hydrogen (secondary N) is 1. The first-order valence-electron chi connectivity index (χ1n) is 9.26. The maximum absolute atomic E-state index is 12.3. The summed E-state index contributed by atoms with van der Waals surface area (Å²) in [4.78, 5) is 22.2. The average Bonchev–Trinajstić information content (AvgIpc) is 3.40. The van der Waals surface area contributed by atoms with Crippen LogP contribution in [0.15, 0.2) is 36.5 Å². The molecule has 0 radical (unpaired) electrons. The predicted molar refractivity (Wildman–Crippen MR) is 121 cm³/mol. The third-order valence-corrected chi connectivity index (χ3v) is 6.26. The molecule has 0 aliphatic rings. The molecule has 1 aromatic carbocycles. The van der Waals surface area contributed by atoms with Gasteiger partial charge in [0.1, 0.15) is 16.4 Å². The number of benzene rings is 1. The summed E-state index contributed by atoms with van der Waals surface area (Å²) >= 11 is 2.69. The smallest absolute Gasteiger partial charge is 0.231 e. The maximum atomic E-state index is 12.3. The fraction of sp³-hybridized carbons (Fsp3) is 0.250. The van der Waals surface area contributed by atoms with Crippen LogP contribution in [-0.4, -0.2) is 30.9 Å². The Hall–Kier alpha value is -3.11. The van der Waals surface area contributed by atoms with E-state index in [1.54, 1.807) is 4.68 Å². The highest BCUT2D eigenvalue weighted by atomic mass is 32.1. The van der Waals surface area contributed by atoms with Gasteiger partial charge in [0, 0.05) is 11.0 Å². The molecule has 30 heavy (non-hydrogen) atoms. The molecule has 0 aliphatic heterocycles. The molecular weight excluding hydrogens is 418 g/mol. The third-order valence-electron chi connectivity index (χ3n) is 4.31. The Kier molecular flexibility index (Phi) is 5.12. The van der Waals surface area contributed by atoms with Crippen LogP contribution in [0.25, 0.3) is 26.8 Å². The van der Waals surface area contributed by atoms with Crippen LogP contribution in [0.5, 0.6) is 0 Å². The summed E-state index contributed by atoms with van der Waals surface area (Å²) < 4.78 is 1.68. The van der Waals surface area contributed by atoms with E-state index in [2.05, 4.69) is 25.6 Å². The lowest BCUT2D eigenvalue weighted by Crippen LogP contribution is -2.27. The zero-order chi connectivity index (χ0) is 21.5. The van der Waals surface area contributed by atoms with Crippen molar-refractivity contribution in [3.63, 3.8) is 0 Å². The molecule has 3 N–H and O–H groups in total. The van der Waals surface area contributed by atoms with Gasteiger partial charge in [0.25, 0.3) is 0 Å². The lowest BCUT2D eigenvalue weighted by molar-refractivity contribution is -0.123. The highest BCUT2D eigenvalue weighted by Gasteiger charge is 2.25. The first-order valence-corrected chi connectivity index (χ1v) is 10.9. The largest absolute Gasteiger partial charge is 0.375 e. The van der Waals surface area contributed by atoms with Gasteiger partial charge in [-0.25, -0.2) is 14.6 Å². The van der Waals surface area contributed by atoms with Crippen molar-refractivity contribution >= 4 is 38.8 Å². The van der Waals surface area contributed by atoms with E-state index in [9.17, 15) is 4.79 Å². The zero-order valence-corrected chi connectivity index (χ0v) is 18.6. The van der Waals surface area contributed by atoms with E-state index in [1.807, 2.05) is 64.2 Å². The van der Waals surface area contributed by atoms with Crippen LogP contribution in [0.1, 0.15) is 26.5 Å². The van der Waals surface area contributed by atoms with Gasteiger partial charge < -0.3 is 11.1 Å². The van der Waals surface area contributed by atoms with Crippen molar-refractivity contribution in [2.45, 2.75) is 27.7 Å². The molecule has 10 heteroatoms. The lowest BCUT2D eigenvalue weighted by Gasteiger charge is -2.15. The maximum Gasteiger partial charge on any atom is 0.231 e. The van der Waals surface area contributed by atoms with Crippen molar-refractivity contribution in [1.29, 1.82) is 0 Å². The summed E-state index contributed by atoms with van der Waals surface area (Å²) in [5.41, 5.74) is 8.69. The van der Waals surface area contributed by atoms with Crippen LogP contribution in [0, 0.1) is 12.3 Å². The second-order valence-corrected chi connectivity index (χ2v) is 9.77. The second-order valence-electron chi connectivity index (χ2n) is 7.76. The summed E-state index contributed by atoms with van der Waals surface area (Å²) in [6, 6.07) is 9.83. The van der Waals surface area contributed by atoms with Crippen molar-refractivity contribution in [2.75, 3.05) is 11.1 Å². The SMILES string of the molecule is Cc1nc(NC(=O)C(C)(C)C)sc1-c1nc(N)sc1-n1cc(-c2ccccc2)nn1. The molecule has 0 saturated carbocycles. The predicted octanol–water partition coefficient (Wildman–Crippen LogP) is 4.39. The van der Waals surface area contributed by atoms with E-state index in [4.69, 9.17) is 5.73 Å². The molecule has 0 unspecified atom stereocenters. The van der Waals surface area contributed by atoms with Crippen molar-refractivity contribution in [3.8, 4) is 26.8 Å². The number of thiazole rings is 2. The van der Waals surface area contributed by atoms with E-state index in [-0.39, 0.29) is 5.91 Å². The van der Waals surface area contributed by atoms with Gasteiger partial charge in [-0.15, -0.1) is 5.10 Å². The van der Waals surface area contributed by atoms with Gasteiger partial charge in [0.2, 0.25) is 5.91 Å². The summed E-state index contributed by atoms with van der Waals surface area (Å²) in [5.74, 6) is -0.0930. The molecule has 4 aromatic rings. The minimum absolute atomic E-state index is 0.0930. The number of rotatable bonds is 4. The summed E-state index contributed by atoms with van der Waals surface area (Å²) in [7, 11) is 0. The molecular formula is C20H21N7OS2.